The van der Waals surface area contributed by atoms with E-state index in [4.69, 9.17) is 4.52 Å². The molecule has 0 atom stereocenters. The zero-order valence-electron chi connectivity index (χ0n) is 16.5. The monoisotopic (exact) mass is 393 g/mol. The summed E-state index contributed by atoms with van der Waals surface area (Å²) >= 11 is 0. The predicted octanol–water partition coefficient (Wildman–Crippen LogP) is 2.46. The van der Waals surface area contributed by atoms with Gasteiger partial charge in [0.2, 0.25) is 0 Å². The average Bonchev–Trinajstić information content (AvgIpc) is 3.25. The molecule has 0 unspecified atom stereocenters. The maximum Gasteiger partial charge on any atom is 0.276 e. The molecule has 4 rings (SSSR count). The third kappa shape index (κ3) is 3.96. The zero-order chi connectivity index (χ0) is 20.4. The van der Waals surface area contributed by atoms with Crippen LogP contribution in [0.3, 0.4) is 0 Å². The summed E-state index contributed by atoms with van der Waals surface area (Å²) in [7, 11) is 0. The molecule has 3 aromatic rings. The van der Waals surface area contributed by atoms with Crippen LogP contribution in [0.5, 0.6) is 0 Å². The molecular weight excluding hydrogens is 370 g/mol. The van der Waals surface area contributed by atoms with Gasteiger partial charge < -0.3 is 9.42 Å². The van der Waals surface area contributed by atoms with Gasteiger partial charge in [0.1, 0.15) is 0 Å². The number of aryl methyl sites for hydroxylation is 1. The Hall–Kier alpha value is -3.29. The van der Waals surface area contributed by atoms with E-state index in [0.717, 1.165) is 24.1 Å². The fourth-order valence-electron chi connectivity index (χ4n) is 3.59. The average molecular weight is 393 g/mol. The highest BCUT2D eigenvalue weighted by Gasteiger charge is 2.26. The molecule has 0 radical (unpaired) electrons. The van der Waals surface area contributed by atoms with Crippen molar-refractivity contribution in [2.75, 3.05) is 13.1 Å². The molecule has 1 aliphatic rings. The van der Waals surface area contributed by atoms with Crippen LogP contribution in [-0.4, -0.2) is 43.6 Å². The molecule has 1 saturated heterocycles. The number of hydrogen-bond acceptors (Lipinski definition) is 6. The summed E-state index contributed by atoms with van der Waals surface area (Å²) in [6, 6.07) is 5.32. The van der Waals surface area contributed by atoms with E-state index in [2.05, 4.69) is 15.1 Å². The van der Waals surface area contributed by atoms with Gasteiger partial charge >= 0.3 is 0 Å². The maximum atomic E-state index is 12.8. The summed E-state index contributed by atoms with van der Waals surface area (Å²) in [6.07, 6.45) is 6.64. The van der Waals surface area contributed by atoms with Crippen LogP contribution in [0.4, 0.5) is 0 Å². The largest absolute Gasteiger partial charge is 0.355 e. The Labute approximate surface area is 168 Å². The van der Waals surface area contributed by atoms with E-state index in [-0.39, 0.29) is 11.5 Å². The van der Waals surface area contributed by atoms with Gasteiger partial charge in [0.15, 0.2) is 11.5 Å². The first-order chi connectivity index (χ1) is 14.0. The van der Waals surface area contributed by atoms with Crippen molar-refractivity contribution in [2.45, 2.75) is 33.2 Å². The van der Waals surface area contributed by atoms with Crippen molar-refractivity contribution in [3.63, 3.8) is 0 Å². The molecule has 1 amide bonds. The number of nitrogens with zero attached hydrogens (tertiary/aromatic N) is 5. The molecule has 0 aliphatic carbocycles. The summed E-state index contributed by atoms with van der Waals surface area (Å²) in [5.41, 5.74) is 2.56. The van der Waals surface area contributed by atoms with E-state index in [1.165, 1.54) is 0 Å². The molecule has 8 heteroatoms. The molecule has 1 fully saturated rings. The number of likely N-dealkylation sites (tertiary alicyclic amines) is 1. The van der Waals surface area contributed by atoms with Crippen molar-refractivity contribution in [1.29, 1.82) is 0 Å². The Morgan fingerprint density at radius 1 is 1.28 bits per heavy atom. The fourth-order valence-corrected chi connectivity index (χ4v) is 3.59. The van der Waals surface area contributed by atoms with Gasteiger partial charge in [-0.2, -0.15) is 0 Å². The van der Waals surface area contributed by atoms with Gasteiger partial charge in [-0.15, -0.1) is 0 Å². The molecule has 0 spiro atoms. The highest BCUT2D eigenvalue weighted by molar-refractivity contribution is 5.93. The Kier molecular flexibility index (Phi) is 5.24. The first kappa shape index (κ1) is 19.0. The van der Waals surface area contributed by atoms with E-state index < -0.39 is 0 Å². The number of aromatic nitrogens is 4. The Balaban J connectivity index is 1.37. The number of carbonyl (C=O) groups excluding carboxylic acids is 1. The highest BCUT2D eigenvalue weighted by atomic mass is 16.5. The van der Waals surface area contributed by atoms with Gasteiger partial charge in [-0.1, -0.05) is 5.16 Å². The number of amides is 1. The van der Waals surface area contributed by atoms with Crippen LogP contribution in [-0.2, 0) is 6.54 Å². The van der Waals surface area contributed by atoms with Gasteiger partial charge in [-0.05, 0) is 44.7 Å². The van der Waals surface area contributed by atoms with Crippen LogP contribution in [0.2, 0.25) is 0 Å². The smallest absolute Gasteiger partial charge is 0.276 e. The maximum absolute atomic E-state index is 12.8. The summed E-state index contributed by atoms with van der Waals surface area (Å²) in [4.78, 5) is 35.3. The Morgan fingerprint density at radius 3 is 2.79 bits per heavy atom. The lowest BCUT2D eigenvalue weighted by atomic mass is 9.96. The first-order valence-corrected chi connectivity index (χ1v) is 9.72. The number of rotatable bonds is 4. The lowest BCUT2D eigenvalue weighted by molar-refractivity contribution is 0.0672. The second kappa shape index (κ2) is 7.98. The fraction of sp³-hybridized carbons (Fsp3) is 0.381. The van der Waals surface area contributed by atoms with Crippen LogP contribution < -0.4 is 5.56 Å². The molecule has 3 aromatic heterocycles. The molecular formula is C21H23N5O3. The standard InChI is InChI=1S/C21H23N5O3/c1-14-15(2)23-13-26(20(14)27)12-16-5-8-25(9-6-16)21(28)18-10-19(29-24-18)17-4-3-7-22-11-17/h3-4,7,10-11,13,16H,5-6,8-9,12H2,1-2H3. The minimum absolute atomic E-state index is 0.0153. The van der Waals surface area contributed by atoms with E-state index in [1.807, 2.05) is 13.0 Å². The van der Waals surface area contributed by atoms with Crippen LogP contribution in [0.15, 0.2) is 46.2 Å². The van der Waals surface area contributed by atoms with Crippen molar-refractivity contribution in [2.24, 2.45) is 5.92 Å². The van der Waals surface area contributed by atoms with Crippen molar-refractivity contribution in [1.82, 2.24) is 24.6 Å². The van der Waals surface area contributed by atoms with Crippen molar-refractivity contribution < 1.29 is 9.32 Å². The third-order valence-corrected chi connectivity index (χ3v) is 5.55. The number of pyridine rings is 1. The molecule has 0 bridgehead atoms. The van der Waals surface area contributed by atoms with Crippen LogP contribution in [0.1, 0.15) is 34.6 Å². The van der Waals surface area contributed by atoms with Gasteiger partial charge in [-0.25, -0.2) is 4.98 Å². The lowest BCUT2D eigenvalue weighted by Gasteiger charge is -2.31. The van der Waals surface area contributed by atoms with Crippen LogP contribution in [0.25, 0.3) is 11.3 Å². The normalized spacial score (nSPS) is 14.9. The minimum Gasteiger partial charge on any atom is -0.355 e. The molecule has 1 aliphatic heterocycles. The highest BCUT2D eigenvalue weighted by Crippen LogP contribution is 2.23. The second-order valence-corrected chi connectivity index (χ2v) is 7.47. The lowest BCUT2D eigenvalue weighted by Crippen LogP contribution is -2.40. The van der Waals surface area contributed by atoms with E-state index >= 15 is 0 Å². The molecule has 0 N–H and O–H groups in total. The van der Waals surface area contributed by atoms with Crippen molar-refractivity contribution in [3.05, 3.63) is 64.2 Å². The van der Waals surface area contributed by atoms with Crippen LogP contribution >= 0.6 is 0 Å². The summed E-state index contributed by atoms with van der Waals surface area (Å²) in [5.74, 6) is 0.731. The SMILES string of the molecule is Cc1ncn(CC2CCN(C(=O)c3cc(-c4cccnc4)on3)CC2)c(=O)c1C. The molecule has 150 valence electrons. The van der Waals surface area contributed by atoms with Gasteiger partial charge in [-0.3, -0.25) is 19.1 Å². The Bertz CT molecular complexity index is 1070. The van der Waals surface area contributed by atoms with Gasteiger partial charge in [0.05, 0.1) is 6.33 Å². The quantitative estimate of drug-likeness (QED) is 0.676. The van der Waals surface area contributed by atoms with Crippen molar-refractivity contribution in [3.8, 4) is 11.3 Å². The topological polar surface area (TPSA) is 94.1 Å². The summed E-state index contributed by atoms with van der Waals surface area (Å²) in [5, 5.41) is 3.94. The molecule has 0 saturated carbocycles. The first-order valence-electron chi connectivity index (χ1n) is 9.72. The van der Waals surface area contributed by atoms with Gasteiger partial charge in [0.25, 0.3) is 11.5 Å². The molecule has 29 heavy (non-hydrogen) atoms. The van der Waals surface area contributed by atoms with E-state index in [0.29, 0.717) is 42.6 Å². The molecule has 8 nitrogen and oxygen atoms in total. The minimum atomic E-state index is -0.132. The van der Waals surface area contributed by atoms with E-state index in [1.54, 1.807) is 47.2 Å². The van der Waals surface area contributed by atoms with Crippen LogP contribution in [0, 0.1) is 19.8 Å². The van der Waals surface area contributed by atoms with Gasteiger partial charge in [0, 0.05) is 54.9 Å². The Morgan fingerprint density at radius 2 is 2.07 bits per heavy atom. The predicted molar refractivity (Wildman–Crippen MR) is 106 cm³/mol. The van der Waals surface area contributed by atoms with Crippen molar-refractivity contribution >= 4 is 5.91 Å². The number of piperidine rings is 1. The molecule has 4 heterocycles. The molecule has 0 aromatic carbocycles. The summed E-state index contributed by atoms with van der Waals surface area (Å²) < 4.78 is 7.00. The summed E-state index contributed by atoms with van der Waals surface area (Å²) in [6.45, 7) is 5.54. The van der Waals surface area contributed by atoms with E-state index in [9.17, 15) is 9.59 Å². The number of hydrogen-bond donors (Lipinski definition) is 0. The zero-order valence-corrected chi connectivity index (χ0v) is 16.5. The second-order valence-electron chi connectivity index (χ2n) is 7.47. The third-order valence-electron chi connectivity index (χ3n) is 5.55. The number of carbonyl (C=O) groups is 1.